The van der Waals surface area contributed by atoms with Crippen LogP contribution in [0.3, 0.4) is 0 Å². The van der Waals surface area contributed by atoms with Crippen molar-refractivity contribution in [1.29, 1.82) is 0 Å². The number of carboxylic acid groups (broad SMARTS) is 1. The molecule has 0 fully saturated rings. The first-order valence-corrected chi connectivity index (χ1v) is 7.91. The maximum Gasteiger partial charge on any atom is 0.410 e. The van der Waals surface area contributed by atoms with Crippen molar-refractivity contribution in [1.82, 2.24) is 10.2 Å². The molecule has 23 heavy (non-hydrogen) atoms. The van der Waals surface area contributed by atoms with Crippen LogP contribution in [0, 0.1) is 5.92 Å². The fourth-order valence-corrected chi connectivity index (χ4v) is 2.01. The zero-order valence-electron chi connectivity index (χ0n) is 15.2. The summed E-state index contributed by atoms with van der Waals surface area (Å²) < 4.78 is 5.27. The highest BCUT2D eigenvalue weighted by atomic mass is 16.6. The van der Waals surface area contributed by atoms with Crippen molar-refractivity contribution in [2.45, 2.75) is 72.6 Å². The second-order valence-electron chi connectivity index (χ2n) is 6.97. The highest BCUT2D eigenvalue weighted by Gasteiger charge is 2.31. The van der Waals surface area contributed by atoms with Gasteiger partial charge < -0.3 is 15.2 Å². The van der Waals surface area contributed by atoms with E-state index >= 15 is 0 Å². The van der Waals surface area contributed by atoms with Crippen LogP contribution in [0.15, 0.2) is 0 Å². The molecular formula is C16H30N2O5. The van der Waals surface area contributed by atoms with Crippen molar-refractivity contribution >= 4 is 18.0 Å². The van der Waals surface area contributed by atoms with E-state index in [9.17, 15) is 19.5 Å². The molecule has 0 aliphatic heterocycles. The lowest BCUT2D eigenvalue weighted by atomic mass is 10.0. The molecule has 2 N–H and O–H groups in total. The number of carbonyl (C=O) groups excluding carboxylic acids is 2. The fourth-order valence-electron chi connectivity index (χ4n) is 2.01. The smallest absolute Gasteiger partial charge is 0.410 e. The number of nitrogens with one attached hydrogen (secondary N) is 1. The van der Waals surface area contributed by atoms with Crippen molar-refractivity contribution in [2.24, 2.45) is 5.92 Å². The average Bonchev–Trinajstić information content (AvgIpc) is 2.35. The van der Waals surface area contributed by atoms with Gasteiger partial charge in [-0.25, -0.2) is 9.59 Å². The van der Waals surface area contributed by atoms with E-state index < -0.39 is 35.7 Å². The Bertz CT molecular complexity index is 429. The summed E-state index contributed by atoms with van der Waals surface area (Å²) in [5.41, 5.74) is -0.665. The fraction of sp³-hybridized carbons (Fsp3) is 0.812. The zero-order chi connectivity index (χ0) is 18.4. The highest BCUT2D eigenvalue weighted by Crippen LogP contribution is 2.12. The summed E-state index contributed by atoms with van der Waals surface area (Å²) in [6, 6.07) is -1.79. The molecule has 7 nitrogen and oxygen atoms in total. The molecule has 0 aliphatic carbocycles. The largest absolute Gasteiger partial charge is 0.480 e. The predicted molar refractivity (Wildman–Crippen MR) is 87.1 cm³/mol. The van der Waals surface area contributed by atoms with Gasteiger partial charge in [0.05, 0.1) is 0 Å². The molecule has 134 valence electrons. The second kappa shape index (κ2) is 8.74. The average molecular weight is 330 g/mol. The van der Waals surface area contributed by atoms with Gasteiger partial charge in [-0.15, -0.1) is 0 Å². The van der Waals surface area contributed by atoms with Gasteiger partial charge in [-0.2, -0.15) is 0 Å². The van der Waals surface area contributed by atoms with Crippen LogP contribution in [0.25, 0.3) is 0 Å². The van der Waals surface area contributed by atoms with Crippen molar-refractivity contribution < 1.29 is 24.2 Å². The van der Waals surface area contributed by atoms with E-state index in [1.807, 2.05) is 13.8 Å². The van der Waals surface area contributed by atoms with E-state index in [1.165, 1.54) is 4.90 Å². The first-order chi connectivity index (χ1) is 10.4. The van der Waals surface area contributed by atoms with E-state index in [0.717, 1.165) is 0 Å². The van der Waals surface area contributed by atoms with Crippen LogP contribution in [0.2, 0.25) is 0 Å². The summed E-state index contributed by atoms with van der Waals surface area (Å²) >= 11 is 0. The van der Waals surface area contributed by atoms with Crippen molar-refractivity contribution in [3.63, 3.8) is 0 Å². The molecular weight excluding hydrogens is 300 g/mol. The molecule has 0 unspecified atom stereocenters. The Labute approximate surface area is 138 Å². The lowest BCUT2D eigenvalue weighted by Crippen LogP contribution is -2.53. The van der Waals surface area contributed by atoms with Crippen LogP contribution in [-0.2, 0) is 14.3 Å². The van der Waals surface area contributed by atoms with Gasteiger partial charge in [0.15, 0.2) is 0 Å². The molecule has 0 spiro atoms. The number of carbonyl (C=O) groups is 3. The van der Waals surface area contributed by atoms with Crippen LogP contribution >= 0.6 is 0 Å². The molecule has 0 aromatic carbocycles. The summed E-state index contributed by atoms with van der Waals surface area (Å²) in [5, 5.41) is 11.7. The first kappa shape index (κ1) is 21.2. The third kappa shape index (κ3) is 7.85. The number of hydrogen-bond donors (Lipinski definition) is 2. The number of likely N-dealkylation sites (N-methyl/N-ethyl adjacent to an activating group) is 1. The molecule has 0 rings (SSSR count). The number of nitrogens with zero attached hydrogens (tertiary/aromatic N) is 1. The van der Waals surface area contributed by atoms with Gasteiger partial charge in [0.2, 0.25) is 5.91 Å². The first-order valence-electron chi connectivity index (χ1n) is 7.91. The quantitative estimate of drug-likeness (QED) is 0.746. The molecule has 0 saturated heterocycles. The van der Waals surface area contributed by atoms with Gasteiger partial charge in [0, 0.05) is 6.54 Å². The molecule has 0 radical (unpaired) electrons. The summed E-state index contributed by atoms with van der Waals surface area (Å²) in [6.45, 7) is 12.6. The summed E-state index contributed by atoms with van der Waals surface area (Å²) in [6.07, 6.45) is -0.273. The summed E-state index contributed by atoms with van der Waals surface area (Å²) in [4.78, 5) is 36.9. The standard InChI is InChI=1S/C16H30N2O5/c1-8-18(15(22)23-16(5,6)7)11(4)13(19)17-12(14(20)21)9-10(2)3/h10-12H,8-9H2,1-7H3,(H,17,19)(H,20,21)/t11-,12-/m0/s1. The van der Waals surface area contributed by atoms with Crippen LogP contribution < -0.4 is 5.32 Å². The molecule has 0 aliphatic rings. The topological polar surface area (TPSA) is 95.9 Å². The van der Waals surface area contributed by atoms with E-state index in [4.69, 9.17) is 4.74 Å². The van der Waals surface area contributed by atoms with Crippen molar-refractivity contribution in [3.05, 3.63) is 0 Å². The lowest BCUT2D eigenvalue weighted by molar-refractivity contribution is -0.143. The van der Waals surface area contributed by atoms with Gasteiger partial charge in [-0.3, -0.25) is 9.69 Å². The van der Waals surface area contributed by atoms with Crippen molar-refractivity contribution in [2.75, 3.05) is 6.54 Å². The minimum Gasteiger partial charge on any atom is -0.480 e. The van der Waals surface area contributed by atoms with E-state index in [2.05, 4.69) is 5.32 Å². The molecule has 7 heteroatoms. The Hall–Kier alpha value is -1.79. The Morgan fingerprint density at radius 3 is 2.04 bits per heavy atom. The maximum atomic E-state index is 12.3. The summed E-state index contributed by atoms with van der Waals surface area (Å²) in [7, 11) is 0. The van der Waals surface area contributed by atoms with Gasteiger partial charge >= 0.3 is 12.1 Å². The Balaban J connectivity index is 4.94. The van der Waals surface area contributed by atoms with Crippen LogP contribution in [0.1, 0.15) is 54.9 Å². The minimum atomic E-state index is -1.08. The summed E-state index contributed by atoms with van der Waals surface area (Å²) in [5.74, 6) is -1.47. The van der Waals surface area contributed by atoms with Crippen LogP contribution in [-0.4, -0.2) is 52.2 Å². The SMILES string of the molecule is CCN(C(=O)OC(C)(C)C)[C@@H](C)C(=O)N[C@@H](CC(C)C)C(=O)O. The molecule has 0 bridgehead atoms. The number of rotatable bonds is 7. The number of hydrogen-bond acceptors (Lipinski definition) is 4. The maximum absolute atomic E-state index is 12.3. The Kier molecular flexibility index (Phi) is 8.06. The van der Waals surface area contributed by atoms with E-state index in [-0.39, 0.29) is 12.5 Å². The molecule has 2 amide bonds. The third-order valence-corrected chi connectivity index (χ3v) is 3.14. The molecule has 0 heterocycles. The number of amides is 2. The predicted octanol–water partition coefficient (Wildman–Crippen LogP) is 2.25. The molecule has 0 saturated carbocycles. The lowest BCUT2D eigenvalue weighted by Gasteiger charge is -2.31. The van der Waals surface area contributed by atoms with Gasteiger partial charge in [-0.1, -0.05) is 13.8 Å². The van der Waals surface area contributed by atoms with Crippen LogP contribution in [0.5, 0.6) is 0 Å². The minimum absolute atomic E-state index is 0.125. The molecule has 0 aromatic heterocycles. The molecule has 2 atom stereocenters. The van der Waals surface area contributed by atoms with E-state index in [1.54, 1.807) is 34.6 Å². The monoisotopic (exact) mass is 330 g/mol. The number of aliphatic carboxylic acids is 1. The second-order valence-corrected chi connectivity index (χ2v) is 6.97. The van der Waals surface area contributed by atoms with Gasteiger partial charge in [-0.05, 0) is 47.0 Å². The number of carboxylic acids is 1. The third-order valence-electron chi connectivity index (χ3n) is 3.14. The van der Waals surface area contributed by atoms with Gasteiger partial charge in [0.1, 0.15) is 17.7 Å². The zero-order valence-corrected chi connectivity index (χ0v) is 15.2. The highest BCUT2D eigenvalue weighted by molar-refractivity contribution is 5.89. The number of ether oxygens (including phenoxy) is 1. The van der Waals surface area contributed by atoms with Crippen molar-refractivity contribution in [3.8, 4) is 0 Å². The van der Waals surface area contributed by atoms with Crippen LogP contribution in [0.4, 0.5) is 4.79 Å². The van der Waals surface area contributed by atoms with E-state index in [0.29, 0.717) is 6.42 Å². The normalized spacial score (nSPS) is 14.1. The van der Waals surface area contributed by atoms with Gasteiger partial charge in [0.25, 0.3) is 0 Å². The Morgan fingerprint density at radius 2 is 1.70 bits per heavy atom. The Morgan fingerprint density at radius 1 is 1.17 bits per heavy atom. The molecule has 0 aromatic rings.